The molecule has 150 valence electrons. The van der Waals surface area contributed by atoms with Gasteiger partial charge in [0, 0.05) is 63.5 Å². The van der Waals surface area contributed by atoms with Gasteiger partial charge in [-0.2, -0.15) is 0 Å². The van der Waals surface area contributed by atoms with Gasteiger partial charge in [0.25, 0.3) is 0 Å². The Morgan fingerprint density at radius 2 is 1.89 bits per heavy atom. The zero-order valence-electron chi connectivity index (χ0n) is 17.9. The lowest BCUT2D eigenvalue weighted by Gasteiger charge is -2.62. The summed E-state index contributed by atoms with van der Waals surface area (Å²) in [4.78, 5) is 16.4. The highest BCUT2D eigenvalue weighted by molar-refractivity contribution is 5.82. The number of aromatic nitrogens is 1. The van der Waals surface area contributed by atoms with Crippen LogP contribution in [0.15, 0.2) is 23.3 Å². The molecule has 0 aromatic carbocycles. The van der Waals surface area contributed by atoms with Crippen molar-refractivity contribution < 1.29 is 0 Å². The van der Waals surface area contributed by atoms with Crippen LogP contribution in [0.4, 0.5) is 5.82 Å². The Morgan fingerprint density at radius 3 is 2.44 bits per heavy atom. The van der Waals surface area contributed by atoms with Gasteiger partial charge in [0.15, 0.2) is 5.96 Å². The van der Waals surface area contributed by atoms with E-state index in [2.05, 4.69) is 76.7 Å². The Hall–Kier alpha value is -1.82. The highest BCUT2D eigenvalue weighted by Gasteiger charge is 2.53. The lowest BCUT2D eigenvalue weighted by Crippen LogP contribution is -2.72. The van der Waals surface area contributed by atoms with Crippen LogP contribution in [-0.2, 0) is 6.54 Å². The molecule has 27 heavy (non-hydrogen) atoms. The largest absolute Gasteiger partial charge is 0.354 e. The van der Waals surface area contributed by atoms with Crippen molar-refractivity contribution in [3.63, 3.8) is 0 Å². The smallest absolute Gasteiger partial charge is 0.194 e. The van der Waals surface area contributed by atoms with Gasteiger partial charge in [-0.3, -0.25) is 4.99 Å². The number of hydrogen-bond acceptors (Lipinski definition) is 4. The Bertz CT molecular complexity index is 673. The van der Waals surface area contributed by atoms with Gasteiger partial charge in [0.1, 0.15) is 5.82 Å². The van der Waals surface area contributed by atoms with Gasteiger partial charge in [-0.05, 0) is 38.1 Å². The van der Waals surface area contributed by atoms with Crippen LogP contribution in [0.5, 0.6) is 0 Å². The van der Waals surface area contributed by atoms with E-state index in [9.17, 15) is 0 Å². The predicted octanol–water partition coefficient (Wildman–Crippen LogP) is 2.42. The number of nitrogens with zero attached hydrogens (tertiary/aromatic N) is 5. The van der Waals surface area contributed by atoms with Crippen LogP contribution in [0, 0.1) is 5.41 Å². The fraction of sp³-hybridized carbons (Fsp3) is 0.714. The van der Waals surface area contributed by atoms with E-state index in [1.54, 1.807) is 0 Å². The van der Waals surface area contributed by atoms with Crippen molar-refractivity contribution >= 4 is 11.8 Å². The summed E-state index contributed by atoms with van der Waals surface area (Å²) in [6.45, 7) is 18.7. The maximum atomic E-state index is 4.60. The normalized spacial score (nSPS) is 22.5. The van der Waals surface area contributed by atoms with E-state index in [0.717, 1.165) is 57.6 Å². The molecule has 2 aliphatic heterocycles. The third-order valence-corrected chi connectivity index (χ3v) is 6.76. The van der Waals surface area contributed by atoms with E-state index in [-0.39, 0.29) is 5.54 Å². The second kappa shape index (κ2) is 7.66. The SMILES string of the molecule is CCN1CCN(c2cc(CNC(=NC)N3CC(C)(C)C3(C)C)ccn2)CC1. The molecule has 3 rings (SSSR count). The van der Waals surface area contributed by atoms with E-state index >= 15 is 0 Å². The van der Waals surface area contributed by atoms with Crippen LogP contribution in [0.25, 0.3) is 0 Å². The number of pyridine rings is 1. The summed E-state index contributed by atoms with van der Waals surface area (Å²) in [5.74, 6) is 2.07. The highest BCUT2D eigenvalue weighted by Crippen LogP contribution is 2.46. The fourth-order valence-corrected chi connectivity index (χ4v) is 3.91. The molecule has 1 aromatic rings. The number of guanidine groups is 1. The van der Waals surface area contributed by atoms with E-state index in [4.69, 9.17) is 0 Å². The fourth-order valence-electron chi connectivity index (χ4n) is 3.91. The summed E-state index contributed by atoms with van der Waals surface area (Å²) in [6.07, 6.45) is 1.93. The number of likely N-dealkylation sites (tertiary alicyclic amines) is 1. The van der Waals surface area contributed by atoms with E-state index in [1.807, 2.05) is 13.2 Å². The summed E-state index contributed by atoms with van der Waals surface area (Å²) in [5, 5.41) is 3.55. The molecule has 0 spiro atoms. The minimum absolute atomic E-state index is 0.108. The first-order chi connectivity index (χ1) is 12.8. The van der Waals surface area contributed by atoms with Crippen molar-refractivity contribution in [2.45, 2.75) is 46.7 Å². The molecule has 0 saturated carbocycles. The van der Waals surface area contributed by atoms with Crippen LogP contribution < -0.4 is 10.2 Å². The van der Waals surface area contributed by atoms with E-state index < -0.39 is 0 Å². The second-order valence-corrected chi connectivity index (χ2v) is 8.87. The zero-order chi connectivity index (χ0) is 19.7. The molecular weight excluding hydrogens is 336 g/mol. The lowest BCUT2D eigenvalue weighted by molar-refractivity contribution is -0.0667. The Morgan fingerprint density at radius 1 is 1.19 bits per heavy atom. The lowest BCUT2D eigenvalue weighted by atomic mass is 9.65. The molecular formula is C21H36N6. The molecule has 6 nitrogen and oxygen atoms in total. The van der Waals surface area contributed by atoms with Crippen LogP contribution in [0.2, 0.25) is 0 Å². The first kappa shape index (κ1) is 19.9. The van der Waals surface area contributed by atoms with Crippen LogP contribution in [0.1, 0.15) is 40.2 Å². The number of aliphatic imine (C=N–C) groups is 1. The van der Waals surface area contributed by atoms with Gasteiger partial charge in [0.2, 0.25) is 0 Å². The standard InChI is InChI=1S/C21H36N6/c1-7-25-10-12-26(13-11-25)18-14-17(8-9-23-18)15-24-19(22-6)27-16-20(2,3)21(27,4)5/h8-9,14H,7,10-13,15-16H2,1-6H3,(H,22,24). The first-order valence-electron chi connectivity index (χ1n) is 10.2. The van der Waals surface area contributed by atoms with Gasteiger partial charge in [-0.15, -0.1) is 0 Å². The van der Waals surface area contributed by atoms with Crippen LogP contribution >= 0.6 is 0 Å². The van der Waals surface area contributed by atoms with Crippen molar-refractivity contribution in [3.05, 3.63) is 23.9 Å². The van der Waals surface area contributed by atoms with Crippen molar-refractivity contribution in [2.75, 3.05) is 51.2 Å². The maximum Gasteiger partial charge on any atom is 0.194 e. The molecule has 0 aliphatic carbocycles. The number of piperazine rings is 1. The molecule has 2 aliphatic rings. The van der Waals surface area contributed by atoms with Gasteiger partial charge in [-0.25, -0.2) is 4.98 Å². The molecule has 6 heteroatoms. The number of nitrogens with one attached hydrogen (secondary N) is 1. The molecule has 3 heterocycles. The molecule has 2 fully saturated rings. The highest BCUT2D eigenvalue weighted by atomic mass is 15.4. The molecule has 0 unspecified atom stereocenters. The van der Waals surface area contributed by atoms with Crippen molar-refractivity contribution in [1.82, 2.24) is 20.1 Å². The summed E-state index contributed by atoms with van der Waals surface area (Å²) in [7, 11) is 1.87. The van der Waals surface area contributed by atoms with Crippen molar-refractivity contribution in [3.8, 4) is 0 Å². The quantitative estimate of drug-likeness (QED) is 0.650. The third kappa shape index (κ3) is 3.91. The predicted molar refractivity (Wildman–Crippen MR) is 113 cm³/mol. The average Bonchev–Trinajstić information content (AvgIpc) is 2.68. The Kier molecular flexibility index (Phi) is 5.65. The number of rotatable bonds is 4. The molecule has 2 saturated heterocycles. The molecule has 1 aromatic heterocycles. The summed E-state index contributed by atoms with van der Waals surface area (Å²) >= 11 is 0. The number of likely N-dealkylation sites (N-methyl/N-ethyl adjacent to an activating group) is 1. The molecule has 0 radical (unpaired) electrons. The van der Waals surface area contributed by atoms with Crippen LogP contribution in [-0.4, -0.2) is 72.6 Å². The summed E-state index contributed by atoms with van der Waals surface area (Å²) in [5.41, 5.74) is 1.66. The van der Waals surface area contributed by atoms with Crippen molar-refractivity contribution in [1.29, 1.82) is 0 Å². The van der Waals surface area contributed by atoms with Gasteiger partial charge in [-0.1, -0.05) is 20.8 Å². The average molecular weight is 373 g/mol. The zero-order valence-corrected chi connectivity index (χ0v) is 17.9. The number of hydrogen-bond donors (Lipinski definition) is 1. The van der Waals surface area contributed by atoms with E-state index in [1.165, 1.54) is 5.56 Å². The van der Waals surface area contributed by atoms with Crippen LogP contribution in [0.3, 0.4) is 0 Å². The van der Waals surface area contributed by atoms with Gasteiger partial charge >= 0.3 is 0 Å². The maximum absolute atomic E-state index is 4.60. The topological polar surface area (TPSA) is 47.0 Å². The first-order valence-corrected chi connectivity index (χ1v) is 10.2. The molecule has 0 bridgehead atoms. The van der Waals surface area contributed by atoms with Gasteiger partial charge < -0.3 is 20.0 Å². The number of anilines is 1. The molecule has 0 atom stereocenters. The molecule has 0 amide bonds. The minimum Gasteiger partial charge on any atom is -0.354 e. The minimum atomic E-state index is 0.108. The Labute approximate surface area is 164 Å². The monoisotopic (exact) mass is 372 g/mol. The van der Waals surface area contributed by atoms with Gasteiger partial charge in [0.05, 0.1) is 0 Å². The van der Waals surface area contributed by atoms with E-state index in [0.29, 0.717) is 5.41 Å². The summed E-state index contributed by atoms with van der Waals surface area (Å²) < 4.78 is 0. The Balaban J connectivity index is 1.60. The van der Waals surface area contributed by atoms with Crippen molar-refractivity contribution in [2.24, 2.45) is 10.4 Å². The summed E-state index contributed by atoms with van der Waals surface area (Å²) in [6, 6.07) is 4.31. The molecule has 1 N–H and O–H groups in total. The second-order valence-electron chi connectivity index (χ2n) is 8.87. The third-order valence-electron chi connectivity index (χ3n) is 6.76.